The molecule has 2 heteroatoms. The maximum atomic E-state index is 10.9. The number of allylic oxidation sites excluding steroid dienone is 1. The van der Waals surface area contributed by atoms with Gasteiger partial charge in [0.25, 0.3) is 0 Å². The number of ketones is 1. The van der Waals surface area contributed by atoms with Crippen LogP contribution in [0.2, 0.25) is 0 Å². The Kier molecular flexibility index (Phi) is 2.26. The number of furan rings is 1. The van der Waals surface area contributed by atoms with E-state index in [0.29, 0.717) is 5.76 Å². The first-order valence-corrected chi connectivity index (χ1v) is 3.52. The third-order valence-corrected chi connectivity index (χ3v) is 1.49. The van der Waals surface area contributed by atoms with Crippen LogP contribution >= 0.6 is 0 Å². The highest BCUT2D eigenvalue weighted by Crippen LogP contribution is 2.08. The van der Waals surface area contributed by atoms with Gasteiger partial charge in [-0.1, -0.05) is 13.5 Å². The van der Waals surface area contributed by atoms with E-state index >= 15 is 0 Å². The van der Waals surface area contributed by atoms with Crippen LogP contribution in [0.5, 0.6) is 0 Å². The molecule has 0 unspecified atom stereocenters. The normalized spacial score (nSPS) is 9.55. The van der Waals surface area contributed by atoms with Gasteiger partial charge in [0, 0.05) is 0 Å². The average molecular weight is 150 g/mol. The van der Waals surface area contributed by atoms with Crippen molar-refractivity contribution in [3.63, 3.8) is 0 Å². The van der Waals surface area contributed by atoms with Crippen LogP contribution < -0.4 is 0 Å². The van der Waals surface area contributed by atoms with Crippen LogP contribution in [0, 0.1) is 0 Å². The predicted octanol–water partition coefficient (Wildman–Crippen LogP) is 2.21. The fourth-order valence-corrected chi connectivity index (χ4v) is 0.791. The summed E-state index contributed by atoms with van der Waals surface area (Å²) < 4.78 is 4.99. The highest BCUT2D eigenvalue weighted by Gasteiger charge is 2.05. The Morgan fingerprint density at radius 3 is 3.00 bits per heavy atom. The molecule has 1 rings (SSSR count). The molecule has 0 amide bonds. The molecule has 0 N–H and O–H groups in total. The van der Waals surface area contributed by atoms with Gasteiger partial charge in [-0.25, -0.2) is 0 Å². The van der Waals surface area contributed by atoms with Crippen molar-refractivity contribution in [3.05, 3.63) is 36.3 Å². The largest absolute Gasteiger partial charge is 0.461 e. The number of carbonyl (C=O) groups is 1. The Hall–Kier alpha value is -1.31. The molecule has 0 aliphatic carbocycles. The zero-order valence-electron chi connectivity index (χ0n) is 6.46. The average Bonchev–Trinajstić information content (AvgIpc) is 2.50. The van der Waals surface area contributed by atoms with Crippen molar-refractivity contribution in [2.24, 2.45) is 0 Å². The summed E-state index contributed by atoms with van der Waals surface area (Å²) in [6.07, 6.45) is 3.73. The second-order valence-electron chi connectivity index (χ2n) is 2.24. The summed E-state index contributed by atoms with van der Waals surface area (Å²) in [6, 6.07) is 1.74. The highest BCUT2D eigenvalue weighted by atomic mass is 16.3. The maximum Gasteiger partial charge on any atom is 0.220 e. The molecule has 1 aromatic rings. The Labute approximate surface area is 65.5 Å². The van der Waals surface area contributed by atoms with Gasteiger partial charge >= 0.3 is 0 Å². The van der Waals surface area contributed by atoms with E-state index < -0.39 is 0 Å². The molecule has 0 aliphatic rings. The fourth-order valence-electron chi connectivity index (χ4n) is 0.791. The molecular weight excluding hydrogens is 140 g/mol. The Bertz CT molecular complexity index is 271. The van der Waals surface area contributed by atoms with Gasteiger partial charge in [0.2, 0.25) is 5.78 Å². The van der Waals surface area contributed by atoms with Crippen molar-refractivity contribution >= 4 is 5.78 Å². The van der Waals surface area contributed by atoms with Crippen molar-refractivity contribution in [2.45, 2.75) is 13.3 Å². The minimum absolute atomic E-state index is 0.162. The summed E-state index contributed by atoms with van der Waals surface area (Å²) in [5.74, 6) is 0.210. The lowest BCUT2D eigenvalue weighted by molar-refractivity contribution is 0.102. The first-order chi connectivity index (χ1) is 5.27. The molecule has 1 heterocycles. The van der Waals surface area contributed by atoms with Crippen LogP contribution in [0.25, 0.3) is 0 Å². The number of hydrogen-bond acceptors (Lipinski definition) is 2. The topological polar surface area (TPSA) is 30.2 Å². The molecule has 0 aliphatic heterocycles. The van der Waals surface area contributed by atoms with Gasteiger partial charge in [-0.05, 0) is 24.1 Å². The molecule has 0 radical (unpaired) electrons. The summed E-state index contributed by atoms with van der Waals surface area (Å²) in [5, 5.41) is 0. The van der Waals surface area contributed by atoms with Gasteiger partial charge in [-0.3, -0.25) is 4.79 Å². The third-order valence-electron chi connectivity index (χ3n) is 1.49. The minimum atomic E-state index is -0.162. The predicted molar refractivity (Wildman–Crippen MR) is 42.6 cm³/mol. The molecule has 58 valence electrons. The van der Waals surface area contributed by atoms with Crippen molar-refractivity contribution < 1.29 is 9.21 Å². The lowest BCUT2D eigenvalue weighted by Crippen LogP contribution is -1.88. The van der Waals surface area contributed by atoms with Crippen molar-refractivity contribution in [3.8, 4) is 0 Å². The molecule has 0 atom stereocenters. The monoisotopic (exact) mass is 150 g/mol. The van der Waals surface area contributed by atoms with E-state index in [2.05, 4.69) is 6.58 Å². The number of rotatable bonds is 3. The first kappa shape index (κ1) is 7.79. The van der Waals surface area contributed by atoms with E-state index in [-0.39, 0.29) is 5.78 Å². The second kappa shape index (κ2) is 3.19. The molecule has 0 aromatic carbocycles. The number of aryl methyl sites for hydroxylation is 1. The van der Waals surface area contributed by atoms with Crippen molar-refractivity contribution in [2.75, 3.05) is 0 Å². The number of hydrogen-bond donors (Lipinski definition) is 0. The zero-order chi connectivity index (χ0) is 8.27. The maximum absolute atomic E-state index is 10.9. The third kappa shape index (κ3) is 1.58. The van der Waals surface area contributed by atoms with Gasteiger partial charge in [-0.2, -0.15) is 0 Å². The summed E-state index contributed by atoms with van der Waals surface area (Å²) in [4.78, 5) is 10.9. The summed E-state index contributed by atoms with van der Waals surface area (Å²) in [7, 11) is 0. The zero-order valence-corrected chi connectivity index (χ0v) is 6.46. The molecule has 0 saturated heterocycles. The Morgan fingerprint density at radius 2 is 2.55 bits per heavy atom. The molecule has 2 nitrogen and oxygen atoms in total. The summed E-state index contributed by atoms with van der Waals surface area (Å²) >= 11 is 0. The Balaban J connectivity index is 2.88. The molecule has 11 heavy (non-hydrogen) atoms. The molecule has 0 bridgehead atoms. The SMILES string of the molecule is C=CC(=O)c1cc(CC)co1. The van der Waals surface area contributed by atoms with E-state index in [1.54, 1.807) is 12.3 Å². The van der Waals surface area contributed by atoms with E-state index in [9.17, 15) is 4.79 Å². The fraction of sp³-hybridized carbons (Fsp3) is 0.222. The van der Waals surface area contributed by atoms with Gasteiger partial charge in [0.15, 0.2) is 5.76 Å². The molecule has 0 saturated carbocycles. The van der Waals surface area contributed by atoms with E-state index in [1.165, 1.54) is 6.08 Å². The Morgan fingerprint density at radius 1 is 1.82 bits per heavy atom. The van der Waals surface area contributed by atoms with Crippen LogP contribution in [0.3, 0.4) is 0 Å². The van der Waals surface area contributed by atoms with Gasteiger partial charge in [0.05, 0.1) is 6.26 Å². The van der Waals surface area contributed by atoms with Crippen LogP contribution in [0.1, 0.15) is 23.0 Å². The summed E-state index contributed by atoms with van der Waals surface area (Å²) in [6.45, 7) is 5.37. The van der Waals surface area contributed by atoms with Crippen molar-refractivity contribution in [1.29, 1.82) is 0 Å². The smallest absolute Gasteiger partial charge is 0.220 e. The van der Waals surface area contributed by atoms with E-state index in [4.69, 9.17) is 4.42 Å². The van der Waals surface area contributed by atoms with Crippen LogP contribution in [0.4, 0.5) is 0 Å². The first-order valence-electron chi connectivity index (χ1n) is 3.52. The lowest BCUT2D eigenvalue weighted by atomic mass is 10.2. The standard InChI is InChI=1S/C9H10O2/c1-3-7-5-9(11-6-7)8(10)4-2/h4-6H,2-3H2,1H3. The molecule has 0 spiro atoms. The van der Waals surface area contributed by atoms with Crippen LogP contribution in [0.15, 0.2) is 29.4 Å². The lowest BCUT2D eigenvalue weighted by Gasteiger charge is -1.83. The molecule has 0 fully saturated rings. The van der Waals surface area contributed by atoms with Gasteiger partial charge in [-0.15, -0.1) is 0 Å². The van der Waals surface area contributed by atoms with Crippen molar-refractivity contribution in [1.82, 2.24) is 0 Å². The molecular formula is C9H10O2. The number of carbonyl (C=O) groups excluding carboxylic acids is 1. The van der Waals surface area contributed by atoms with Crippen LogP contribution in [-0.4, -0.2) is 5.78 Å². The quantitative estimate of drug-likeness (QED) is 0.488. The van der Waals surface area contributed by atoms with Gasteiger partial charge < -0.3 is 4.42 Å². The minimum Gasteiger partial charge on any atom is -0.461 e. The summed E-state index contributed by atoms with van der Waals surface area (Å²) in [5.41, 5.74) is 1.04. The highest BCUT2D eigenvalue weighted by molar-refractivity contribution is 6.02. The van der Waals surface area contributed by atoms with Crippen LogP contribution in [-0.2, 0) is 6.42 Å². The van der Waals surface area contributed by atoms with E-state index in [0.717, 1.165) is 12.0 Å². The molecule has 1 aromatic heterocycles. The van der Waals surface area contributed by atoms with E-state index in [1.807, 2.05) is 6.92 Å². The van der Waals surface area contributed by atoms with Gasteiger partial charge in [0.1, 0.15) is 0 Å². The second-order valence-corrected chi connectivity index (χ2v) is 2.24.